The van der Waals surface area contributed by atoms with Crippen LogP contribution in [0.2, 0.25) is 0 Å². The van der Waals surface area contributed by atoms with Gasteiger partial charge in [0.25, 0.3) is 0 Å². The first-order chi connectivity index (χ1) is 10.7. The molecule has 1 atom stereocenters. The first kappa shape index (κ1) is 17.1. The summed E-state index contributed by atoms with van der Waals surface area (Å²) in [6.45, 7) is 6.30. The Morgan fingerprint density at radius 1 is 1.22 bits per heavy atom. The standard InChI is InChI=1S/C16H22FN3O3/c1-16(2,3)23-15(22)19-8-9-20(13(10-19)14(18)21)12-6-4-11(17)5-7-12/h4-7,13H,8-10H2,1-3H3,(H2,18,21)/t13-/m0/s1. The Balaban J connectivity index is 2.13. The Labute approximate surface area is 135 Å². The summed E-state index contributed by atoms with van der Waals surface area (Å²) in [5.74, 6) is -0.889. The molecule has 1 aromatic rings. The molecule has 2 N–H and O–H groups in total. The summed E-state index contributed by atoms with van der Waals surface area (Å²) in [6.07, 6.45) is -0.470. The zero-order valence-corrected chi connectivity index (χ0v) is 13.6. The third-order valence-electron chi connectivity index (χ3n) is 3.52. The average molecular weight is 323 g/mol. The number of anilines is 1. The first-order valence-electron chi connectivity index (χ1n) is 7.47. The average Bonchev–Trinajstić information content (AvgIpc) is 2.45. The molecular weight excluding hydrogens is 301 g/mol. The topological polar surface area (TPSA) is 75.9 Å². The second kappa shape index (κ2) is 6.44. The van der Waals surface area contributed by atoms with Gasteiger partial charge in [-0.3, -0.25) is 4.79 Å². The number of ether oxygens (including phenoxy) is 1. The Morgan fingerprint density at radius 3 is 2.35 bits per heavy atom. The molecule has 1 heterocycles. The van der Waals surface area contributed by atoms with Crippen molar-refractivity contribution >= 4 is 17.7 Å². The normalized spacial score (nSPS) is 18.7. The molecular formula is C16H22FN3O3. The van der Waals surface area contributed by atoms with Gasteiger partial charge in [0, 0.05) is 18.8 Å². The minimum atomic E-state index is -0.679. The molecule has 0 radical (unpaired) electrons. The number of amides is 2. The first-order valence-corrected chi connectivity index (χ1v) is 7.47. The van der Waals surface area contributed by atoms with Crippen molar-refractivity contribution in [2.75, 3.05) is 24.5 Å². The van der Waals surface area contributed by atoms with Gasteiger partial charge in [-0.2, -0.15) is 0 Å². The van der Waals surface area contributed by atoms with Crippen LogP contribution < -0.4 is 10.6 Å². The van der Waals surface area contributed by atoms with E-state index in [1.54, 1.807) is 37.8 Å². The predicted octanol–water partition coefficient (Wildman–Crippen LogP) is 1.74. The maximum absolute atomic E-state index is 13.1. The summed E-state index contributed by atoms with van der Waals surface area (Å²) in [5, 5.41) is 0. The lowest BCUT2D eigenvalue weighted by Gasteiger charge is -2.41. The molecule has 1 aliphatic heterocycles. The maximum atomic E-state index is 13.1. The summed E-state index contributed by atoms with van der Waals surface area (Å²) in [5.41, 5.74) is 5.57. The number of nitrogens with zero attached hydrogens (tertiary/aromatic N) is 2. The smallest absolute Gasteiger partial charge is 0.410 e. The molecule has 1 saturated heterocycles. The van der Waals surface area contributed by atoms with E-state index in [1.165, 1.54) is 17.0 Å². The molecule has 2 amide bonds. The summed E-state index contributed by atoms with van der Waals surface area (Å²) in [4.78, 5) is 27.2. The minimum absolute atomic E-state index is 0.140. The van der Waals surface area contributed by atoms with Crippen LogP contribution in [0.3, 0.4) is 0 Å². The fourth-order valence-electron chi connectivity index (χ4n) is 2.46. The lowest BCUT2D eigenvalue weighted by Crippen LogP contribution is -2.60. The third kappa shape index (κ3) is 4.34. The molecule has 1 fully saturated rings. The van der Waals surface area contributed by atoms with Crippen LogP contribution in [0, 0.1) is 5.82 Å². The highest BCUT2D eigenvalue weighted by Crippen LogP contribution is 2.22. The molecule has 23 heavy (non-hydrogen) atoms. The van der Waals surface area contributed by atoms with Crippen molar-refractivity contribution in [3.8, 4) is 0 Å². The van der Waals surface area contributed by atoms with Crippen LogP contribution in [-0.2, 0) is 9.53 Å². The summed E-state index contributed by atoms with van der Waals surface area (Å²) < 4.78 is 18.4. The summed E-state index contributed by atoms with van der Waals surface area (Å²) in [6, 6.07) is 5.16. The van der Waals surface area contributed by atoms with Gasteiger partial charge in [0.05, 0.1) is 6.54 Å². The number of hydrogen-bond acceptors (Lipinski definition) is 4. The van der Waals surface area contributed by atoms with E-state index in [-0.39, 0.29) is 12.4 Å². The monoisotopic (exact) mass is 323 g/mol. The van der Waals surface area contributed by atoms with Crippen LogP contribution in [0.1, 0.15) is 20.8 Å². The van der Waals surface area contributed by atoms with Crippen LogP contribution in [0.25, 0.3) is 0 Å². The van der Waals surface area contributed by atoms with Crippen molar-refractivity contribution in [2.45, 2.75) is 32.4 Å². The minimum Gasteiger partial charge on any atom is -0.444 e. The molecule has 0 aromatic heterocycles. The summed E-state index contributed by atoms with van der Waals surface area (Å²) >= 11 is 0. The predicted molar refractivity (Wildman–Crippen MR) is 84.5 cm³/mol. The van der Waals surface area contributed by atoms with E-state index in [1.807, 2.05) is 0 Å². The van der Waals surface area contributed by atoms with Gasteiger partial charge < -0.3 is 20.3 Å². The number of carbonyl (C=O) groups excluding carboxylic acids is 2. The number of piperazine rings is 1. The molecule has 1 aromatic carbocycles. The highest BCUT2D eigenvalue weighted by atomic mass is 19.1. The lowest BCUT2D eigenvalue weighted by atomic mass is 10.1. The Bertz CT molecular complexity index is 583. The Morgan fingerprint density at radius 2 is 1.83 bits per heavy atom. The van der Waals surface area contributed by atoms with Crippen molar-refractivity contribution in [3.63, 3.8) is 0 Å². The van der Waals surface area contributed by atoms with Gasteiger partial charge in [0.1, 0.15) is 17.5 Å². The molecule has 0 spiro atoms. The lowest BCUT2D eigenvalue weighted by molar-refractivity contribution is -0.120. The number of hydrogen-bond donors (Lipinski definition) is 1. The quantitative estimate of drug-likeness (QED) is 0.899. The van der Waals surface area contributed by atoms with E-state index in [9.17, 15) is 14.0 Å². The van der Waals surface area contributed by atoms with Gasteiger partial charge in [-0.15, -0.1) is 0 Å². The zero-order chi connectivity index (χ0) is 17.2. The largest absolute Gasteiger partial charge is 0.444 e. The van der Waals surface area contributed by atoms with Crippen LogP contribution in [-0.4, -0.2) is 48.2 Å². The van der Waals surface area contributed by atoms with Gasteiger partial charge in [-0.1, -0.05) is 0 Å². The Kier molecular flexibility index (Phi) is 4.77. The molecule has 1 aliphatic rings. The van der Waals surface area contributed by atoms with E-state index in [0.717, 1.165) is 0 Å². The molecule has 0 aliphatic carbocycles. The molecule has 126 valence electrons. The van der Waals surface area contributed by atoms with Crippen molar-refractivity contribution in [3.05, 3.63) is 30.1 Å². The number of rotatable bonds is 2. The van der Waals surface area contributed by atoms with E-state index >= 15 is 0 Å². The fourth-order valence-corrected chi connectivity index (χ4v) is 2.46. The molecule has 7 heteroatoms. The number of benzene rings is 1. The van der Waals surface area contributed by atoms with Crippen LogP contribution in [0.5, 0.6) is 0 Å². The van der Waals surface area contributed by atoms with Gasteiger partial charge >= 0.3 is 6.09 Å². The zero-order valence-electron chi connectivity index (χ0n) is 13.6. The van der Waals surface area contributed by atoms with Crippen molar-refractivity contribution < 1.29 is 18.7 Å². The Hall–Kier alpha value is -2.31. The number of nitrogens with two attached hydrogens (primary N) is 1. The SMILES string of the molecule is CC(C)(C)OC(=O)N1CCN(c2ccc(F)cc2)[C@H](C(N)=O)C1. The van der Waals surface area contributed by atoms with E-state index < -0.39 is 23.6 Å². The van der Waals surface area contributed by atoms with Gasteiger partial charge in [-0.05, 0) is 45.0 Å². The third-order valence-corrected chi connectivity index (χ3v) is 3.52. The van der Waals surface area contributed by atoms with Crippen molar-refractivity contribution in [2.24, 2.45) is 5.73 Å². The molecule has 0 bridgehead atoms. The number of carbonyl (C=O) groups is 2. The van der Waals surface area contributed by atoms with Gasteiger partial charge in [0.2, 0.25) is 5.91 Å². The molecule has 0 saturated carbocycles. The van der Waals surface area contributed by atoms with Gasteiger partial charge in [0.15, 0.2) is 0 Å². The van der Waals surface area contributed by atoms with E-state index in [4.69, 9.17) is 10.5 Å². The van der Waals surface area contributed by atoms with Crippen LogP contribution in [0.15, 0.2) is 24.3 Å². The van der Waals surface area contributed by atoms with Gasteiger partial charge in [-0.25, -0.2) is 9.18 Å². The van der Waals surface area contributed by atoms with Crippen LogP contribution >= 0.6 is 0 Å². The molecule has 6 nitrogen and oxygen atoms in total. The van der Waals surface area contributed by atoms with Crippen LogP contribution in [0.4, 0.5) is 14.9 Å². The van der Waals surface area contributed by atoms with E-state index in [0.29, 0.717) is 18.8 Å². The summed E-state index contributed by atoms with van der Waals surface area (Å²) in [7, 11) is 0. The fraction of sp³-hybridized carbons (Fsp3) is 0.500. The van der Waals surface area contributed by atoms with E-state index in [2.05, 4.69) is 0 Å². The maximum Gasteiger partial charge on any atom is 0.410 e. The second-order valence-corrected chi connectivity index (χ2v) is 6.51. The molecule has 0 unspecified atom stereocenters. The highest BCUT2D eigenvalue weighted by molar-refractivity contribution is 5.85. The highest BCUT2D eigenvalue weighted by Gasteiger charge is 2.35. The second-order valence-electron chi connectivity index (χ2n) is 6.51. The van der Waals surface area contributed by atoms with Crippen molar-refractivity contribution in [1.29, 1.82) is 0 Å². The van der Waals surface area contributed by atoms with Crippen molar-refractivity contribution in [1.82, 2.24) is 4.90 Å². The number of primary amides is 1. The molecule has 2 rings (SSSR count). The number of halogens is 1.